The predicted octanol–water partition coefficient (Wildman–Crippen LogP) is 1.88. The van der Waals surface area contributed by atoms with E-state index in [1.54, 1.807) is 6.20 Å². The lowest BCUT2D eigenvalue weighted by atomic mass is 10.1. The summed E-state index contributed by atoms with van der Waals surface area (Å²) in [6.07, 6.45) is 6.73. The summed E-state index contributed by atoms with van der Waals surface area (Å²) in [6, 6.07) is -0.0165. The number of carbonyl (C=O) groups excluding carboxylic acids is 1. The highest BCUT2D eigenvalue weighted by atomic mass is 32.1. The molecule has 2 saturated heterocycles. The Morgan fingerprint density at radius 1 is 1.35 bits per heavy atom. The van der Waals surface area contributed by atoms with Gasteiger partial charge in [0.05, 0.1) is 6.20 Å². The van der Waals surface area contributed by atoms with Crippen LogP contribution < -0.4 is 5.32 Å². The van der Waals surface area contributed by atoms with Crippen LogP contribution in [0, 0.1) is 5.92 Å². The number of hydrogen-bond donors (Lipinski definition) is 1. The highest BCUT2D eigenvalue weighted by Gasteiger charge is 2.28. The first kappa shape index (κ1) is 13.8. The van der Waals surface area contributed by atoms with E-state index in [0.29, 0.717) is 5.92 Å². The number of nitrogens with one attached hydrogen (secondary N) is 1. The Hall–Kier alpha value is -1.21. The van der Waals surface area contributed by atoms with Crippen molar-refractivity contribution in [3.8, 4) is 0 Å². The second-order valence-electron chi connectivity index (χ2n) is 5.67. The van der Waals surface area contributed by atoms with Crippen LogP contribution in [0.1, 0.15) is 25.7 Å². The highest BCUT2D eigenvalue weighted by Crippen LogP contribution is 2.21. The highest BCUT2D eigenvalue weighted by molar-refractivity contribution is 7.10. The van der Waals surface area contributed by atoms with Crippen molar-refractivity contribution in [2.45, 2.75) is 25.7 Å². The zero-order chi connectivity index (χ0) is 13.8. The van der Waals surface area contributed by atoms with Crippen molar-refractivity contribution in [2.75, 3.05) is 38.0 Å². The molecule has 2 aliphatic rings. The minimum Gasteiger partial charge on any atom is -0.324 e. The van der Waals surface area contributed by atoms with Gasteiger partial charge in [-0.2, -0.15) is 0 Å². The molecule has 2 amide bonds. The minimum atomic E-state index is -0.0165. The lowest BCUT2D eigenvalue weighted by Gasteiger charge is -2.28. The summed E-state index contributed by atoms with van der Waals surface area (Å²) < 4.78 is 3.75. The predicted molar refractivity (Wildman–Crippen MR) is 78.9 cm³/mol. The third-order valence-electron chi connectivity index (χ3n) is 4.13. The summed E-state index contributed by atoms with van der Waals surface area (Å²) >= 11 is 1.21. The molecule has 3 rings (SSSR count). The number of nitrogens with zero attached hydrogens (tertiary/aromatic N) is 4. The van der Waals surface area contributed by atoms with Gasteiger partial charge in [0.2, 0.25) is 0 Å². The number of hydrogen-bond acceptors (Lipinski definition) is 5. The molecule has 0 bridgehead atoms. The van der Waals surface area contributed by atoms with Gasteiger partial charge < -0.3 is 9.80 Å². The van der Waals surface area contributed by atoms with E-state index >= 15 is 0 Å². The van der Waals surface area contributed by atoms with Crippen LogP contribution in [0.4, 0.5) is 9.80 Å². The third-order valence-corrected chi connectivity index (χ3v) is 4.71. The molecule has 1 atom stereocenters. The van der Waals surface area contributed by atoms with Gasteiger partial charge in [-0.3, -0.25) is 5.32 Å². The Bertz CT molecular complexity index is 432. The molecule has 110 valence electrons. The fourth-order valence-corrected chi connectivity index (χ4v) is 3.49. The first-order valence-corrected chi connectivity index (χ1v) is 8.14. The van der Waals surface area contributed by atoms with Gasteiger partial charge in [0, 0.05) is 31.2 Å². The number of urea groups is 1. The van der Waals surface area contributed by atoms with Crippen molar-refractivity contribution in [3.63, 3.8) is 0 Å². The van der Waals surface area contributed by atoms with Crippen molar-refractivity contribution >= 4 is 22.6 Å². The zero-order valence-corrected chi connectivity index (χ0v) is 12.4. The van der Waals surface area contributed by atoms with E-state index in [9.17, 15) is 4.79 Å². The number of anilines is 1. The second-order valence-corrected chi connectivity index (χ2v) is 6.46. The molecular formula is C13H21N5OS. The van der Waals surface area contributed by atoms with Gasteiger partial charge >= 0.3 is 6.03 Å². The van der Waals surface area contributed by atoms with Crippen LogP contribution in [0.25, 0.3) is 0 Å². The fourth-order valence-electron chi connectivity index (χ4n) is 3.08. The van der Waals surface area contributed by atoms with Crippen molar-refractivity contribution in [1.29, 1.82) is 0 Å². The molecule has 20 heavy (non-hydrogen) atoms. The van der Waals surface area contributed by atoms with Crippen LogP contribution in [-0.4, -0.2) is 58.1 Å². The number of piperidine rings is 1. The molecular weight excluding hydrogens is 274 g/mol. The van der Waals surface area contributed by atoms with E-state index in [-0.39, 0.29) is 6.03 Å². The maximum absolute atomic E-state index is 12.1. The molecule has 1 N–H and O–H groups in total. The Kier molecular flexibility index (Phi) is 4.47. The van der Waals surface area contributed by atoms with Gasteiger partial charge in [-0.25, -0.2) is 4.79 Å². The number of amides is 2. The number of aromatic nitrogens is 2. The second kappa shape index (κ2) is 6.49. The largest absolute Gasteiger partial charge is 0.324 e. The van der Waals surface area contributed by atoms with Gasteiger partial charge in [-0.05, 0) is 38.3 Å². The van der Waals surface area contributed by atoms with Crippen molar-refractivity contribution in [1.82, 2.24) is 19.4 Å². The quantitative estimate of drug-likeness (QED) is 0.925. The summed E-state index contributed by atoms with van der Waals surface area (Å²) in [5, 5.41) is 7.29. The van der Waals surface area contributed by atoms with E-state index in [2.05, 4.69) is 19.8 Å². The molecule has 0 aromatic carbocycles. The average molecular weight is 295 g/mol. The van der Waals surface area contributed by atoms with Gasteiger partial charge in [0.25, 0.3) is 0 Å². The van der Waals surface area contributed by atoms with Gasteiger partial charge in [-0.1, -0.05) is 10.9 Å². The molecule has 0 spiro atoms. The first-order chi connectivity index (χ1) is 9.81. The summed E-state index contributed by atoms with van der Waals surface area (Å²) in [4.78, 5) is 16.6. The Labute approximate surface area is 123 Å². The van der Waals surface area contributed by atoms with E-state index < -0.39 is 0 Å². The molecule has 2 aliphatic heterocycles. The standard InChI is InChI=1S/C13H21N5OS/c19-13(15-12-8-14-16-20-12)18-7-4-11(10-18)9-17-5-2-1-3-6-17/h8,11H,1-7,9-10H2,(H,15,19)/t11-/m0/s1. The summed E-state index contributed by atoms with van der Waals surface area (Å²) in [6.45, 7) is 5.33. The first-order valence-electron chi connectivity index (χ1n) is 7.37. The van der Waals surface area contributed by atoms with Crippen LogP contribution in [0.3, 0.4) is 0 Å². The molecule has 7 heteroatoms. The maximum atomic E-state index is 12.1. The van der Waals surface area contributed by atoms with Crippen LogP contribution in [0.2, 0.25) is 0 Å². The Morgan fingerprint density at radius 3 is 2.95 bits per heavy atom. The lowest BCUT2D eigenvalue weighted by molar-refractivity contribution is 0.192. The van der Waals surface area contributed by atoms with Crippen molar-refractivity contribution < 1.29 is 4.79 Å². The molecule has 1 aromatic rings. The van der Waals surface area contributed by atoms with Crippen molar-refractivity contribution in [3.05, 3.63) is 6.20 Å². The summed E-state index contributed by atoms with van der Waals surface area (Å²) in [7, 11) is 0. The third kappa shape index (κ3) is 3.46. The van der Waals surface area contributed by atoms with E-state index in [0.717, 1.165) is 31.1 Å². The molecule has 0 radical (unpaired) electrons. The maximum Gasteiger partial charge on any atom is 0.322 e. The Morgan fingerprint density at radius 2 is 2.20 bits per heavy atom. The van der Waals surface area contributed by atoms with Crippen molar-refractivity contribution in [2.24, 2.45) is 5.92 Å². The number of carbonyl (C=O) groups is 1. The summed E-state index contributed by atoms with van der Waals surface area (Å²) in [5.74, 6) is 0.624. The molecule has 2 fully saturated rings. The van der Waals surface area contributed by atoms with E-state index in [1.807, 2.05) is 4.90 Å². The molecule has 0 aliphatic carbocycles. The fraction of sp³-hybridized carbons (Fsp3) is 0.769. The lowest BCUT2D eigenvalue weighted by Crippen LogP contribution is -2.37. The number of likely N-dealkylation sites (tertiary alicyclic amines) is 2. The topological polar surface area (TPSA) is 61.4 Å². The SMILES string of the molecule is O=C(Nc1cnns1)N1CC[C@@H](CN2CCCCC2)C1. The van der Waals surface area contributed by atoms with Crippen LogP contribution in [0.15, 0.2) is 6.20 Å². The molecule has 6 nitrogen and oxygen atoms in total. The number of rotatable bonds is 3. The summed E-state index contributed by atoms with van der Waals surface area (Å²) in [5.41, 5.74) is 0. The monoisotopic (exact) mass is 295 g/mol. The normalized spacial score (nSPS) is 24.0. The molecule has 3 heterocycles. The average Bonchev–Trinajstić information content (AvgIpc) is 3.11. The van der Waals surface area contributed by atoms with Crippen LogP contribution in [-0.2, 0) is 0 Å². The van der Waals surface area contributed by atoms with E-state index in [4.69, 9.17) is 0 Å². The zero-order valence-electron chi connectivity index (χ0n) is 11.6. The molecule has 0 saturated carbocycles. The molecule has 1 aromatic heterocycles. The van der Waals surface area contributed by atoms with Crippen LogP contribution in [0.5, 0.6) is 0 Å². The van der Waals surface area contributed by atoms with Gasteiger partial charge in [0.15, 0.2) is 0 Å². The van der Waals surface area contributed by atoms with Gasteiger partial charge in [0.1, 0.15) is 5.00 Å². The van der Waals surface area contributed by atoms with E-state index in [1.165, 1.54) is 43.9 Å². The smallest absolute Gasteiger partial charge is 0.322 e. The van der Waals surface area contributed by atoms with Crippen LogP contribution >= 0.6 is 11.5 Å². The molecule has 0 unspecified atom stereocenters. The minimum absolute atomic E-state index is 0.0165. The van der Waals surface area contributed by atoms with Gasteiger partial charge in [-0.15, -0.1) is 5.10 Å². The Balaban J connectivity index is 1.45.